The molecule has 106 valence electrons. The molecule has 6 nitrogen and oxygen atoms in total. The van der Waals surface area contributed by atoms with Gasteiger partial charge < -0.3 is 15.2 Å². The average molecular weight is 277 g/mol. The van der Waals surface area contributed by atoms with Crippen LogP contribution in [0.25, 0.3) is 0 Å². The van der Waals surface area contributed by atoms with Gasteiger partial charge in [-0.25, -0.2) is 4.79 Å². The first kappa shape index (κ1) is 14.2. The lowest BCUT2D eigenvalue weighted by Crippen LogP contribution is -2.23. The molecule has 1 aliphatic rings. The zero-order valence-electron chi connectivity index (χ0n) is 10.8. The number of ketones is 1. The summed E-state index contributed by atoms with van der Waals surface area (Å²) in [6.07, 6.45) is 1.66. The minimum atomic E-state index is -1.13. The van der Waals surface area contributed by atoms with Crippen molar-refractivity contribution in [2.24, 2.45) is 0 Å². The van der Waals surface area contributed by atoms with Crippen molar-refractivity contribution >= 4 is 17.7 Å². The van der Waals surface area contributed by atoms with Crippen molar-refractivity contribution in [1.29, 1.82) is 0 Å². The summed E-state index contributed by atoms with van der Waals surface area (Å²) in [5.74, 6) is -1.65. The van der Waals surface area contributed by atoms with E-state index in [1.165, 1.54) is 0 Å². The maximum atomic E-state index is 11.9. The summed E-state index contributed by atoms with van der Waals surface area (Å²) in [6.45, 7) is -0.206. The van der Waals surface area contributed by atoms with Crippen LogP contribution in [-0.2, 0) is 16.0 Å². The molecule has 1 aromatic rings. The normalized spacial score (nSPS) is 14.1. The van der Waals surface area contributed by atoms with E-state index >= 15 is 0 Å². The summed E-state index contributed by atoms with van der Waals surface area (Å²) in [7, 11) is 0. The highest BCUT2D eigenvalue weighted by molar-refractivity contribution is 6.02. The number of rotatable bonds is 5. The Morgan fingerprint density at radius 3 is 2.85 bits per heavy atom. The Kier molecular flexibility index (Phi) is 4.47. The molecule has 0 saturated heterocycles. The van der Waals surface area contributed by atoms with E-state index in [2.05, 4.69) is 5.32 Å². The first-order valence-corrected chi connectivity index (χ1v) is 6.32. The number of carboxylic acid groups (broad SMARTS) is 1. The van der Waals surface area contributed by atoms with Crippen LogP contribution >= 0.6 is 0 Å². The summed E-state index contributed by atoms with van der Waals surface area (Å²) in [4.78, 5) is 34.0. The van der Waals surface area contributed by atoms with Crippen LogP contribution in [0.5, 0.6) is 0 Å². The van der Waals surface area contributed by atoms with E-state index in [4.69, 9.17) is 9.84 Å². The van der Waals surface area contributed by atoms with Gasteiger partial charge in [0.1, 0.15) is 13.2 Å². The number of hydrogen-bond donors (Lipinski definition) is 2. The van der Waals surface area contributed by atoms with Crippen LogP contribution < -0.4 is 5.32 Å². The summed E-state index contributed by atoms with van der Waals surface area (Å²) >= 11 is 0. The lowest BCUT2D eigenvalue weighted by Gasteiger charge is -2.07. The number of carbonyl (C=O) groups is 3. The third-order valence-electron chi connectivity index (χ3n) is 3.04. The van der Waals surface area contributed by atoms with Crippen LogP contribution in [0, 0.1) is 0 Å². The summed E-state index contributed by atoms with van der Waals surface area (Å²) < 4.78 is 4.76. The predicted molar refractivity (Wildman–Crippen MR) is 69.9 cm³/mol. The van der Waals surface area contributed by atoms with Gasteiger partial charge in [-0.05, 0) is 24.5 Å². The lowest BCUT2D eigenvalue weighted by atomic mass is 9.99. The molecule has 0 radical (unpaired) electrons. The predicted octanol–water partition coefficient (Wildman–Crippen LogP) is 0.646. The van der Waals surface area contributed by atoms with Gasteiger partial charge in [-0.1, -0.05) is 12.1 Å². The number of ether oxygens (including phenoxy) is 1. The zero-order chi connectivity index (χ0) is 14.5. The lowest BCUT2D eigenvalue weighted by molar-refractivity contribution is -0.141. The van der Waals surface area contributed by atoms with Crippen LogP contribution in [0.4, 0.5) is 0 Å². The molecular weight excluding hydrogens is 262 g/mol. The highest BCUT2D eigenvalue weighted by atomic mass is 16.5. The fraction of sp³-hybridized carbons (Fsp3) is 0.357. The monoisotopic (exact) mass is 277 g/mol. The molecule has 2 rings (SSSR count). The number of Topliss-reactive ketones (excluding diaryl/α,β-unsaturated/α-hetero) is 1. The summed E-state index contributed by atoms with van der Waals surface area (Å²) in [6, 6.07) is 4.96. The third kappa shape index (κ3) is 3.42. The van der Waals surface area contributed by atoms with Crippen LogP contribution in [0.3, 0.4) is 0 Å². The molecule has 0 bridgehead atoms. The highest BCUT2D eigenvalue weighted by Crippen LogP contribution is 2.17. The first-order valence-electron chi connectivity index (χ1n) is 6.32. The third-order valence-corrected chi connectivity index (χ3v) is 3.04. The first-order chi connectivity index (χ1) is 9.58. The zero-order valence-corrected chi connectivity index (χ0v) is 10.8. The molecule has 0 aromatic heterocycles. The number of aliphatic carboxylic acids is 1. The molecule has 1 heterocycles. The van der Waals surface area contributed by atoms with Gasteiger partial charge in [-0.3, -0.25) is 9.59 Å². The molecule has 0 fully saturated rings. The van der Waals surface area contributed by atoms with Crippen LogP contribution in [0.2, 0.25) is 0 Å². The van der Waals surface area contributed by atoms with Gasteiger partial charge in [0, 0.05) is 17.7 Å². The topological polar surface area (TPSA) is 92.7 Å². The number of hydrogen-bond acceptors (Lipinski definition) is 4. The molecule has 0 atom stereocenters. The van der Waals surface area contributed by atoms with E-state index in [9.17, 15) is 14.4 Å². The molecule has 0 aliphatic carbocycles. The second-order valence-corrected chi connectivity index (χ2v) is 4.54. The molecular formula is C14H15NO5. The Morgan fingerprint density at radius 2 is 2.10 bits per heavy atom. The quantitative estimate of drug-likeness (QED) is 0.771. The van der Waals surface area contributed by atoms with E-state index in [0.717, 1.165) is 18.4 Å². The molecule has 1 amide bonds. The van der Waals surface area contributed by atoms with Crippen molar-refractivity contribution in [1.82, 2.24) is 5.32 Å². The minimum Gasteiger partial charge on any atom is -0.480 e. The number of nitrogens with one attached hydrogen (secondary N) is 1. The SMILES string of the molecule is O=C(O)COCC(=O)c1ccc2c(c1)C(=O)NCCC2. The minimum absolute atomic E-state index is 0.182. The van der Waals surface area contributed by atoms with Crippen molar-refractivity contribution in [3.05, 3.63) is 34.9 Å². The molecule has 2 N–H and O–H groups in total. The maximum absolute atomic E-state index is 11.9. The molecule has 20 heavy (non-hydrogen) atoms. The second kappa shape index (κ2) is 6.29. The second-order valence-electron chi connectivity index (χ2n) is 4.54. The Labute approximate surface area is 115 Å². The molecule has 0 unspecified atom stereocenters. The van der Waals surface area contributed by atoms with Gasteiger partial charge in [0.2, 0.25) is 0 Å². The van der Waals surface area contributed by atoms with Gasteiger partial charge in [-0.15, -0.1) is 0 Å². The summed E-state index contributed by atoms with van der Waals surface area (Å²) in [5, 5.41) is 11.2. The van der Waals surface area contributed by atoms with Crippen molar-refractivity contribution in [3.8, 4) is 0 Å². The Hall–Kier alpha value is -2.21. The van der Waals surface area contributed by atoms with Crippen molar-refractivity contribution in [2.75, 3.05) is 19.8 Å². The molecule has 0 spiro atoms. The smallest absolute Gasteiger partial charge is 0.329 e. The van der Waals surface area contributed by atoms with Crippen molar-refractivity contribution < 1.29 is 24.2 Å². The van der Waals surface area contributed by atoms with E-state index in [1.54, 1.807) is 18.2 Å². The standard InChI is InChI=1S/C14H15NO5/c16-12(7-20-8-13(17)18)10-4-3-9-2-1-5-15-14(19)11(9)6-10/h3-4,6H,1-2,5,7-8H2,(H,15,19)(H,17,18). The van der Waals surface area contributed by atoms with Crippen LogP contribution in [0.1, 0.15) is 32.7 Å². The molecule has 0 saturated carbocycles. The highest BCUT2D eigenvalue weighted by Gasteiger charge is 2.17. The fourth-order valence-corrected chi connectivity index (χ4v) is 2.07. The largest absolute Gasteiger partial charge is 0.480 e. The van der Waals surface area contributed by atoms with E-state index in [-0.39, 0.29) is 18.3 Å². The maximum Gasteiger partial charge on any atom is 0.329 e. The Bertz CT molecular complexity index is 552. The number of carbonyl (C=O) groups excluding carboxylic acids is 2. The van der Waals surface area contributed by atoms with Gasteiger partial charge in [0.25, 0.3) is 5.91 Å². The van der Waals surface area contributed by atoms with Gasteiger partial charge in [0.05, 0.1) is 0 Å². The average Bonchev–Trinajstić information content (AvgIpc) is 2.60. The number of benzene rings is 1. The Balaban J connectivity index is 2.11. The number of amides is 1. The fourth-order valence-electron chi connectivity index (χ4n) is 2.07. The number of aryl methyl sites for hydroxylation is 1. The van der Waals surface area contributed by atoms with Crippen LogP contribution in [-0.4, -0.2) is 42.5 Å². The van der Waals surface area contributed by atoms with E-state index in [0.29, 0.717) is 17.7 Å². The molecule has 6 heteroatoms. The summed E-state index contributed by atoms with van der Waals surface area (Å²) in [5.41, 5.74) is 1.78. The van der Waals surface area contributed by atoms with Gasteiger partial charge in [0.15, 0.2) is 5.78 Å². The Morgan fingerprint density at radius 1 is 1.30 bits per heavy atom. The van der Waals surface area contributed by atoms with E-state index < -0.39 is 12.6 Å². The van der Waals surface area contributed by atoms with Gasteiger partial charge >= 0.3 is 5.97 Å². The number of carboxylic acids is 1. The van der Waals surface area contributed by atoms with Gasteiger partial charge in [-0.2, -0.15) is 0 Å². The van der Waals surface area contributed by atoms with E-state index in [1.807, 2.05) is 0 Å². The molecule has 1 aromatic carbocycles. The van der Waals surface area contributed by atoms with Crippen molar-refractivity contribution in [2.45, 2.75) is 12.8 Å². The van der Waals surface area contributed by atoms with Crippen LogP contribution in [0.15, 0.2) is 18.2 Å². The number of fused-ring (bicyclic) bond motifs is 1. The molecule has 1 aliphatic heterocycles. The van der Waals surface area contributed by atoms with Crippen molar-refractivity contribution in [3.63, 3.8) is 0 Å².